The van der Waals surface area contributed by atoms with Gasteiger partial charge < -0.3 is 5.32 Å². The van der Waals surface area contributed by atoms with Crippen LogP contribution in [0.25, 0.3) is 0 Å². The van der Waals surface area contributed by atoms with E-state index in [2.05, 4.69) is 10.6 Å². The number of hydrogen-bond acceptors (Lipinski definition) is 6. The average molecular weight is 395 g/mol. The van der Waals surface area contributed by atoms with Crippen molar-refractivity contribution in [2.45, 2.75) is 6.92 Å². The molecule has 0 aliphatic heterocycles. The number of nitrogens with zero attached hydrogens (tertiary/aromatic N) is 2. The number of thiocarbonyl (C=S) groups is 1. The predicted octanol–water partition coefficient (Wildman–Crippen LogP) is 3.59. The second kappa shape index (κ2) is 7.85. The number of rotatable bonds is 4. The molecule has 0 aromatic heterocycles. The highest BCUT2D eigenvalue weighted by Crippen LogP contribution is 2.24. The number of benzene rings is 2. The summed E-state index contributed by atoms with van der Waals surface area (Å²) in [6, 6.07) is 7.68. The lowest BCUT2D eigenvalue weighted by atomic mass is 10.1. The van der Waals surface area contributed by atoms with Crippen LogP contribution in [-0.2, 0) is 0 Å². The highest BCUT2D eigenvalue weighted by atomic mass is 35.5. The number of carbonyl (C=O) groups is 1. The monoisotopic (exact) mass is 394 g/mol. The summed E-state index contributed by atoms with van der Waals surface area (Å²) in [5.41, 5.74) is -0.148. The van der Waals surface area contributed by atoms with Gasteiger partial charge >= 0.3 is 0 Å². The van der Waals surface area contributed by atoms with Crippen molar-refractivity contribution in [3.05, 3.63) is 72.8 Å². The van der Waals surface area contributed by atoms with Crippen molar-refractivity contribution in [1.82, 2.24) is 5.32 Å². The summed E-state index contributed by atoms with van der Waals surface area (Å²) in [6.45, 7) is 1.75. The maximum Gasteiger partial charge on any atom is 0.277 e. The molecule has 0 bridgehead atoms. The van der Waals surface area contributed by atoms with Gasteiger partial charge in [0.05, 0.1) is 21.5 Å². The highest BCUT2D eigenvalue weighted by molar-refractivity contribution is 7.80. The lowest BCUT2D eigenvalue weighted by Crippen LogP contribution is -2.34. The van der Waals surface area contributed by atoms with Crippen molar-refractivity contribution in [3.63, 3.8) is 0 Å². The minimum absolute atomic E-state index is 0.0884. The fourth-order valence-electron chi connectivity index (χ4n) is 2.01. The van der Waals surface area contributed by atoms with Crippen molar-refractivity contribution >= 4 is 51.9 Å². The number of amides is 1. The molecule has 2 rings (SSSR count). The van der Waals surface area contributed by atoms with Gasteiger partial charge in [-0.2, -0.15) is 0 Å². The third-order valence-electron chi connectivity index (χ3n) is 3.33. The van der Waals surface area contributed by atoms with E-state index in [-0.39, 0.29) is 10.7 Å². The molecule has 0 fully saturated rings. The average Bonchev–Trinajstić information content (AvgIpc) is 2.58. The first-order chi connectivity index (χ1) is 12.2. The number of carbonyl (C=O) groups excluding carboxylic acids is 1. The zero-order valence-electron chi connectivity index (χ0n) is 13.2. The second-order valence-electron chi connectivity index (χ2n) is 5.07. The molecule has 0 unspecified atom stereocenters. The van der Waals surface area contributed by atoms with Crippen LogP contribution < -0.4 is 10.6 Å². The first-order valence-electron chi connectivity index (χ1n) is 7.00. The zero-order chi connectivity index (χ0) is 19.4. The Balaban J connectivity index is 2.21. The Morgan fingerprint density at radius 2 is 1.69 bits per heavy atom. The predicted molar refractivity (Wildman–Crippen MR) is 99.6 cm³/mol. The number of non-ortho nitro benzene ring substituents is 2. The third-order valence-corrected chi connectivity index (χ3v) is 3.94. The molecule has 0 radical (unpaired) electrons. The van der Waals surface area contributed by atoms with E-state index < -0.39 is 27.1 Å². The van der Waals surface area contributed by atoms with Crippen LogP contribution in [0.4, 0.5) is 17.1 Å². The summed E-state index contributed by atoms with van der Waals surface area (Å²) >= 11 is 11.0. The fraction of sp³-hybridized carbons (Fsp3) is 0.0667. The van der Waals surface area contributed by atoms with Gasteiger partial charge in [-0.3, -0.25) is 30.3 Å². The quantitative estimate of drug-likeness (QED) is 0.460. The van der Waals surface area contributed by atoms with Gasteiger partial charge in [0, 0.05) is 22.8 Å². The standard InChI is InChI=1S/C15H11ClN4O5S/c1-8-12(16)3-2-4-13(8)17-15(26)18-14(21)9-5-10(19(22)23)7-11(6-9)20(24)25/h2-7H,1H3,(H2,17,18,21,26). The minimum Gasteiger partial charge on any atom is -0.332 e. The second-order valence-corrected chi connectivity index (χ2v) is 5.89. The van der Waals surface area contributed by atoms with E-state index in [4.69, 9.17) is 23.8 Å². The molecule has 2 aromatic rings. The molecule has 2 aromatic carbocycles. The first-order valence-corrected chi connectivity index (χ1v) is 7.79. The Labute approximate surface area is 157 Å². The topological polar surface area (TPSA) is 127 Å². The number of nitro groups is 2. The largest absolute Gasteiger partial charge is 0.332 e. The zero-order valence-corrected chi connectivity index (χ0v) is 14.8. The molecule has 0 aliphatic rings. The molecule has 0 saturated carbocycles. The van der Waals surface area contributed by atoms with Gasteiger partial charge in [-0.25, -0.2) is 0 Å². The van der Waals surface area contributed by atoms with E-state index in [0.717, 1.165) is 18.2 Å². The SMILES string of the molecule is Cc1c(Cl)cccc1NC(=S)NC(=O)c1cc([N+](=O)[O-])cc([N+](=O)[O-])c1. The Bertz CT molecular complexity index is 902. The number of anilines is 1. The molecule has 134 valence electrons. The van der Waals surface area contributed by atoms with E-state index in [9.17, 15) is 25.0 Å². The van der Waals surface area contributed by atoms with Crippen molar-refractivity contribution in [1.29, 1.82) is 0 Å². The Morgan fingerprint density at radius 3 is 2.23 bits per heavy atom. The fourth-order valence-corrected chi connectivity index (χ4v) is 2.39. The normalized spacial score (nSPS) is 10.1. The highest BCUT2D eigenvalue weighted by Gasteiger charge is 2.20. The summed E-state index contributed by atoms with van der Waals surface area (Å²) < 4.78 is 0. The van der Waals surface area contributed by atoms with Crippen LogP contribution in [-0.4, -0.2) is 20.9 Å². The Morgan fingerprint density at radius 1 is 1.12 bits per heavy atom. The molecular weight excluding hydrogens is 384 g/mol. The molecule has 1 amide bonds. The summed E-state index contributed by atoms with van der Waals surface area (Å²) in [6.07, 6.45) is 0. The molecule has 0 saturated heterocycles. The van der Waals surface area contributed by atoms with Crippen LogP contribution in [0.2, 0.25) is 5.02 Å². The smallest absolute Gasteiger partial charge is 0.277 e. The molecule has 9 nitrogen and oxygen atoms in total. The van der Waals surface area contributed by atoms with Crippen LogP contribution in [0, 0.1) is 27.2 Å². The minimum atomic E-state index is -0.825. The molecular formula is C15H11ClN4O5S. The number of nitro benzene ring substituents is 2. The molecule has 11 heteroatoms. The van der Waals surface area contributed by atoms with Crippen LogP contribution >= 0.6 is 23.8 Å². The Hall–Kier alpha value is -3.11. The van der Waals surface area contributed by atoms with Crippen LogP contribution in [0.5, 0.6) is 0 Å². The number of nitrogens with one attached hydrogen (secondary N) is 2. The van der Waals surface area contributed by atoms with Crippen molar-refractivity contribution in [2.75, 3.05) is 5.32 Å². The van der Waals surface area contributed by atoms with E-state index in [1.807, 2.05) is 0 Å². The van der Waals surface area contributed by atoms with E-state index >= 15 is 0 Å². The van der Waals surface area contributed by atoms with Crippen molar-refractivity contribution in [2.24, 2.45) is 0 Å². The third kappa shape index (κ3) is 4.49. The first kappa shape index (κ1) is 19.2. The number of halogens is 1. The summed E-state index contributed by atoms with van der Waals surface area (Å²) in [5, 5.41) is 27.3. The van der Waals surface area contributed by atoms with Crippen molar-refractivity contribution < 1.29 is 14.6 Å². The van der Waals surface area contributed by atoms with Gasteiger partial charge in [0.1, 0.15) is 0 Å². The number of hydrogen-bond donors (Lipinski definition) is 2. The van der Waals surface area contributed by atoms with Crippen LogP contribution in [0.1, 0.15) is 15.9 Å². The molecule has 0 heterocycles. The van der Waals surface area contributed by atoms with Gasteiger partial charge in [-0.05, 0) is 36.8 Å². The molecule has 0 spiro atoms. The Kier molecular flexibility index (Phi) is 5.80. The van der Waals surface area contributed by atoms with E-state index in [1.165, 1.54) is 0 Å². The maximum absolute atomic E-state index is 12.2. The maximum atomic E-state index is 12.2. The summed E-state index contributed by atoms with van der Waals surface area (Å²) in [4.78, 5) is 32.4. The molecule has 2 N–H and O–H groups in total. The van der Waals surface area contributed by atoms with Crippen molar-refractivity contribution in [3.8, 4) is 0 Å². The summed E-state index contributed by atoms with van der Waals surface area (Å²) in [5.74, 6) is -0.825. The van der Waals surface area contributed by atoms with Gasteiger partial charge in [0.25, 0.3) is 17.3 Å². The van der Waals surface area contributed by atoms with E-state index in [1.54, 1.807) is 25.1 Å². The molecule has 0 aliphatic carbocycles. The van der Waals surface area contributed by atoms with Crippen LogP contribution in [0.3, 0.4) is 0 Å². The van der Waals surface area contributed by atoms with Gasteiger partial charge in [-0.1, -0.05) is 17.7 Å². The van der Waals surface area contributed by atoms with Crippen LogP contribution in [0.15, 0.2) is 36.4 Å². The lowest BCUT2D eigenvalue weighted by molar-refractivity contribution is -0.394. The van der Waals surface area contributed by atoms with E-state index in [0.29, 0.717) is 16.3 Å². The summed E-state index contributed by atoms with van der Waals surface area (Å²) in [7, 11) is 0. The van der Waals surface area contributed by atoms with Gasteiger partial charge in [0.2, 0.25) is 0 Å². The molecule has 0 atom stereocenters. The van der Waals surface area contributed by atoms with Gasteiger partial charge in [0.15, 0.2) is 5.11 Å². The lowest BCUT2D eigenvalue weighted by Gasteiger charge is -2.12. The van der Waals surface area contributed by atoms with Gasteiger partial charge in [-0.15, -0.1) is 0 Å². The molecule has 26 heavy (non-hydrogen) atoms.